The maximum absolute atomic E-state index is 9.29. The molecular weight excluding hydrogens is 320 g/mol. The summed E-state index contributed by atoms with van der Waals surface area (Å²) in [4.78, 5) is 2.58. The molecule has 0 aliphatic carbocycles. The Morgan fingerprint density at radius 3 is 2.65 bits per heavy atom. The van der Waals surface area contributed by atoms with Crippen LogP contribution in [0.1, 0.15) is 43.2 Å². The summed E-state index contributed by atoms with van der Waals surface area (Å²) >= 11 is 0. The smallest absolute Gasteiger partial charge is 0.137 e. The average Bonchev–Trinajstić information content (AvgIpc) is 2.71. The summed E-state index contributed by atoms with van der Waals surface area (Å²) in [6.45, 7) is 6.29. The second kappa shape index (κ2) is 9.40. The summed E-state index contributed by atoms with van der Waals surface area (Å²) in [6, 6.07) is 20.6. The van der Waals surface area contributed by atoms with Crippen molar-refractivity contribution in [1.29, 1.82) is 5.26 Å². The van der Waals surface area contributed by atoms with E-state index in [1.165, 1.54) is 31.4 Å². The van der Waals surface area contributed by atoms with Gasteiger partial charge in [-0.05, 0) is 49.5 Å². The van der Waals surface area contributed by atoms with Gasteiger partial charge < -0.3 is 9.64 Å². The van der Waals surface area contributed by atoms with Crippen molar-refractivity contribution in [2.24, 2.45) is 5.92 Å². The van der Waals surface area contributed by atoms with Gasteiger partial charge in [0, 0.05) is 12.5 Å². The van der Waals surface area contributed by atoms with Crippen LogP contribution in [0.25, 0.3) is 0 Å². The normalized spacial score (nSPS) is 20.5. The topological polar surface area (TPSA) is 36.3 Å². The fraction of sp³-hybridized carbons (Fsp3) is 0.435. The largest absolute Gasteiger partial charge is 0.492 e. The van der Waals surface area contributed by atoms with Crippen LogP contribution in [0.4, 0.5) is 0 Å². The van der Waals surface area contributed by atoms with Gasteiger partial charge in [-0.3, -0.25) is 0 Å². The molecule has 3 heteroatoms. The quantitative estimate of drug-likeness (QED) is 0.718. The Balaban J connectivity index is 1.72. The van der Waals surface area contributed by atoms with Crippen LogP contribution in [0.2, 0.25) is 0 Å². The zero-order chi connectivity index (χ0) is 18.2. The molecule has 26 heavy (non-hydrogen) atoms. The third-order valence-corrected chi connectivity index (χ3v) is 5.33. The van der Waals surface area contributed by atoms with Crippen LogP contribution >= 0.6 is 0 Å². The maximum atomic E-state index is 9.29. The van der Waals surface area contributed by atoms with Gasteiger partial charge in [-0.2, -0.15) is 5.26 Å². The molecular formula is C23H28N2O. The molecule has 1 aliphatic rings. The number of hydrogen-bond donors (Lipinski definition) is 0. The minimum atomic E-state index is 0.440. The van der Waals surface area contributed by atoms with E-state index in [0.717, 1.165) is 13.1 Å². The highest BCUT2D eigenvalue weighted by atomic mass is 16.5. The molecule has 0 amide bonds. The molecule has 0 saturated carbocycles. The molecule has 2 atom stereocenters. The lowest BCUT2D eigenvalue weighted by Gasteiger charge is -2.39. The standard InChI is InChI=1S/C23H28N2O/c1-2-3-14-25-15-13-22(19-9-5-4-6-10-19)21(17-25)18-26-23-12-8-7-11-20(23)16-24/h4-12,21-22H,2-3,13-15,17-18H2,1H3/t21-,22-/m0/s1. The van der Waals surface area contributed by atoms with Gasteiger partial charge in [0.05, 0.1) is 12.2 Å². The monoisotopic (exact) mass is 348 g/mol. The molecule has 0 N–H and O–H groups in total. The first-order valence-electron chi connectivity index (χ1n) is 9.71. The van der Waals surface area contributed by atoms with Gasteiger partial charge in [-0.15, -0.1) is 0 Å². The Hall–Kier alpha value is -2.31. The third kappa shape index (κ3) is 4.65. The third-order valence-electron chi connectivity index (χ3n) is 5.33. The molecule has 2 aromatic rings. The van der Waals surface area contributed by atoms with Gasteiger partial charge in [-0.25, -0.2) is 0 Å². The molecule has 0 spiro atoms. The molecule has 136 valence electrons. The highest BCUT2D eigenvalue weighted by molar-refractivity contribution is 5.42. The fourth-order valence-electron chi connectivity index (χ4n) is 3.88. The van der Waals surface area contributed by atoms with Crippen LogP contribution in [-0.4, -0.2) is 31.1 Å². The van der Waals surface area contributed by atoms with Crippen LogP contribution in [0.5, 0.6) is 5.75 Å². The van der Waals surface area contributed by atoms with Crippen LogP contribution in [0.15, 0.2) is 54.6 Å². The number of hydrogen-bond acceptors (Lipinski definition) is 3. The molecule has 1 fully saturated rings. The zero-order valence-corrected chi connectivity index (χ0v) is 15.6. The minimum Gasteiger partial charge on any atom is -0.492 e. The zero-order valence-electron chi connectivity index (χ0n) is 15.6. The number of nitriles is 1. The molecule has 3 nitrogen and oxygen atoms in total. The summed E-state index contributed by atoms with van der Waals surface area (Å²) < 4.78 is 6.12. The number of ether oxygens (including phenoxy) is 1. The van der Waals surface area contributed by atoms with E-state index < -0.39 is 0 Å². The number of unbranched alkanes of at least 4 members (excludes halogenated alkanes) is 1. The lowest BCUT2D eigenvalue weighted by Crippen LogP contribution is -2.42. The van der Waals surface area contributed by atoms with Gasteiger partial charge in [0.1, 0.15) is 11.8 Å². The molecule has 0 aromatic heterocycles. The molecule has 1 heterocycles. The van der Waals surface area contributed by atoms with Gasteiger partial charge in [0.25, 0.3) is 0 Å². The molecule has 0 bridgehead atoms. The van der Waals surface area contributed by atoms with Crippen molar-refractivity contribution in [3.8, 4) is 11.8 Å². The van der Waals surface area contributed by atoms with Gasteiger partial charge >= 0.3 is 0 Å². The molecule has 3 rings (SSSR count). The number of nitrogens with zero attached hydrogens (tertiary/aromatic N) is 2. The van der Waals surface area contributed by atoms with E-state index >= 15 is 0 Å². The first kappa shape index (κ1) is 18.5. The van der Waals surface area contributed by atoms with E-state index in [1.54, 1.807) is 0 Å². The maximum Gasteiger partial charge on any atom is 0.137 e. The highest BCUT2D eigenvalue weighted by Crippen LogP contribution is 2.34. The number of para-hydroxylation sites is 1. The Labute approximate surface area is 157 Å². The predicted molar refractivity (Wildman–Crippen MR) is 105 cm³/mol. The lowest BCUT2D eigenvalue weighted by atomic mass is 9.81. The Morgan fingerprint density at radius 2 is 1.88 bits per heavy atom. The summed E-state index contributed by atoms with van der Waals surface area (Å²) in [5.74, 6) is 1.66. The number of likely N-dealkylation sites (tertiary alicyclic amines) is 1. The molecule has 1 aliphatic heterocycles. The van der Waals surface area contributed by atoms with E-state index in [9.17, 15) is 5.26 Å². The van der Waals surface area contributed by atoms with E-state index in [2.05, 4.69) is 48.2 Å². The van der Waals surface area contributed by atoms with Crippen LogP contribution in [-0.2, 0) is 0 Å². The Morgan fingerprint density at radius 1 is 1.12 bits per heavy atom. The van der Waals surface area contributed by atoms with E-state index in [0.29, 0.717) is 29.8 Å². The van der Waals surface area contributed by atoms with Gasteiger partial charge in [0.15, 0.2) is 0 Å². The highest BCUT2D eigenvalue weighted by Gasteiger charge is 2.30. The van der Waals surface area contributed by atoms with Crippen LogP contribution in [0.3, 0.4) is 0 Å². The van der Waals surface area contributed by atoms with Crippen LogP contribution < -0.4 is 4.74 Å². The predicted octanol–water partition coefficient (Wildman–Crippen LogP) is 4.84. The summed E-state index contributed by atoms with van der Waals surface area (Å²) in [6.07, 6.45) is 3.65. The van der Waals surface area contributed by atoms with Crippen molar-refractivity contribution in [3.63, 3.8) is 0 Å². The molecule has 0 radical (unpaired) electrons. The molecule has 1 saturated heterocycles. The van der Waals surface area contributed by atoms with Crippen molar-refractivity contribution < 1.29 is 4.74 Å². The number of rotatable bonds is 7. The summed E-state index contributed by atoms with van der Waals surface area (Å²) in [5.41, 5.74) is 2.02. The van der Waals surface area contributed by atoms with Crippen molar-refractivity contribution in [2.45, 2.75) is 32.1 Å². The fourth-order valence-corrected chi connectivity index (χ4v) is 3.88. The first-order valence-corrected chi connectivity index (χ1v) is 9.71. The van der Waals surface area contributed by atoms with Crippen LogP contribution in [0, 0.1) is 17.2 Å². The SMILES string of the molecule is CCCCN1CC[C@@H](c2ccccc2)[C@H](COc2ccccc2C#N)C1. The summed E-state index contributed by atoms with van der Waals surface area (Å²) in [5, 5.41) is 9.29. The second-order valence-electron chi connectivity index (χ2n) is 7.14. The average molecular weight is 348 g/mol. The van der Waals surface area contributed by atoms with Crippen molar-refractivity contribution >= 4 is 0 Å². The van der Waals surface area contributed by atoms with Crippen molar-refractivity contribution in [1.82, 2.24) is 4.90 Å². The number of piperidine rings is 1. The Bertz CT molecular complexity index is 722. The van der Waals surface area contributed by atoms with E-state index in [1.807, 2.05) is 24.3 Å². The van der Waals surface area contributed by atoms with Gasteiger partial charge in [-0.1, -0.05) is 55.8 Å². The molecule has 0 unspecified atom stereocenters. The molecule has 2 aromatic carbocycles. The Kier molecular flexibility index (Phi) is 6.68. The minimum absolute atomic E-state index is 0.440. The van der Waals surface area contributed by atoms with Crippen molar-refractivity contribution in [2.75, 3.05) is 26.2 Å². The lowest BCUT2D eigenvalue weighted by molar-refractivity contribution is 0.110. The second-order valence-corrected chi connectivity index (χ2v) is 7.14. The summed E-state index contributed by atoms with van der Waals surface area (Å²) in [7, 11) is 0. The first-order chi connectivity index (χ1) is 12.8. The van der Waals surface area contributed by atoms with E-state index in [4.69, 9.17) is 4.74 Å². The van der Waals surface area contributed by atoms with Gasteiger partial charge in [0.2, 0.25) is 0 Å². The van der Waals surface area contributed by atoms with Crippen molar-refractivity contribution in [3.05, 3.63) is 65.7 Å². The van der Waals surface area contributed by atoms with E-state index in [-0.39, 0.29) is 0 Å². The number of benzene rings is 2.